The molecule has 20 heavy (non-hydrogen) atoms. The van der Waals surface area contributed by atoms with Gasteiger partial charge in [0, 0.05) is 24.5 Å². The molecule has 0 spiro atoms. The lowest BCUT2D eigenvalue weighted by molar-refractivity contribution is 0.829. The summed E-state index contributed by atoms with van der Waals surface area (Å²) in [6.07, 6.45) is 4.88. The maximum atomic E-state index is 3.48. The van der Waals surface area contributed by atoms with E-state index in [0.717, 1.165) is 13.1 Å². The fourth-order valence-corrected chi connectivity index (χ4v) is 3.31. The number of nitrogens with one attached hydrogen (secondary N) is 2. The lowest BCUT2D eigenvalue weighted by Crippen LogP contribution is -2.12. The van der Waals surface area contributed by atoms with E-state index in [0.29, 0.717) is 0 Å². The number of rotatable bonds is 1. The van der Waals surface area contributed by atoms with Crippen LogP contribution in [0.25, 0.3) is 11.1 Å². The molecule has 0 aliphatic carbocycles. The van der Waals surface area contributed by atoms with Gasteiger partial charge in [-0.15, -0.1) is 0 Å². The minimum atomic E-state index is 1.11. The molecule has 4 rings (SSSR count). The highest BCUT2D eigenvalue weighted by atomic mass is 14.9. The highest BCUT2D eigenvalue weighted by Crippen LogP contribution is 2.31. The summed E-state index contributed by atoms with van der Waals surface area (Å²) >= 11 is 0. The third kappa shape index (κ3) is 2.05. The van der Waals surface area contributed by atoms with E-state index in [-0.39, 0.29) is 0 Å². The summed E-state index contributed by atoms with van der Waals surface area (Å²) in [5.74, 6) is 0. The molecule has 102 valence electrons. The topological polar surface area (TPSA) is 24.1 Å². The first-order chi connectivity index (χ1) is 9.90. The normalized spacial score (nSPS) is 16.6. The summed E-state index contributed by atoms with van der Waals surface area (Å²) in [4.78, 5) is 0. The summed E-state index contributed by atoms with van der Waals surface area (Å²) < 4.78 is 0. The number of fused-ring (bicyclic) bond motifs is 2. The molecule has 2 nitrogen and oxygen atoms in total. The van der Waals surface area contributed by atoms with Crippen LogP contribution in [0.3, 0.4) is 0 Å². The molecule has 2 N–H and O–H groups in total. The van der Waals surface area contributed by atoms with E-state index in [1.807, 2.05) is 0 Å². The Kier molecular flexibility index (Phi) is 2.87. The monoisotopic (exact) mass is 264 g/mol. The number of benzene rings is 2. The summed E-state index contributed by atoms with van der Waals surface area (Å²) in [6.45, 7) is 2.22. The van der Waals surface area contributed by atoms with Gasteiger partial charge in [-0.3, -0.25) is 0 Å². The maximum Gasteiger partial charge on any atom is 0.0373 e. The Balaban J connectivity index is 1.73. The van der Waals surface area contributed by atoms with Crippen molar-refractivity contribution in [2.24, 2.45) is 0 Å². The van der Waals surface area contributed by atoms with Crippen molar-refractivity contribution in [2.75, 3.05) is 23.7 Å². The van der Waals surface area contributed by atoms with E-state index in [4.69, 9.17) is 0 Å². The van der Waals surface area contributed by atoms with Crippen LogP contribution in [-0.4, -0.2) is 13.1 Å². The number of aryl methyl sites for hydroxylation is 2. The van der Waals surface area contributed by atoms with Crippen molar-refractivity contribution >= 4 is 11.4 Å². The second kappa shape index (κ2) is 4.86. The minimum absolute atomic E-state index is 1.11. The molecule has 0 saturated carbocycles. The second-order valence-corrected chi connectivity index (χ2v) is 5.80. The van der Waals surface area contributed by atoms with Gasteiger partial charge in [0.15, 0.2) is 0 Å². The van der Waals surface area contributed by atoms with Crippen LogP contribution >= 0.6 is 0 Å². The third-order valence-corrected chi connectivity index (χ3v) is 4.42. The maximum absolute atomic E-state index is 3.48. The quantitative estimate of drug-likeness (QED) is 0.811. The van der Waals surface area contributed by atoms with Crippen molar-refractivity contribution in [1.82, 2.24) is 0 Å². The van der Waals surface area contributed by atoms with E-state index in [1.165, 1.54) is 59.3 Å². The van der Waals surface area contributed by atoms with Gasteiger partial charge < -0.3 is 10.6 Å². The van der Waals surface area contributed by atoms with E-state index in [9.17, 15) is 0 Å². The molecule has 0 bridgehead atoms. The van der Waals surface area contributed by atoms with Crippen LogP contribution in [0.2, 0.25) is 0 Å². The fraction of sp³-hybridized carbons (Fsp3) is 0.333. The zero-order valence-corrected chi connectivity index (χ0v) is 11.7. The van der Waals surface area contributed by atoms with Gasteiger partial charge in [0.2, 0.25) is 0 Å². The Bertz CT molecular complexity index is 588. The number of hydrogen-bond acceptors (Lipinski definition) is 2. The van der Waals surface area contributed by atoms with Gasteiger partial charge in [-0.25, -0.2) is 0 Å². The smallest absolute Gasteiger partial charge is 0.0373 e. The molecule has 0 amide bonds. The predicted molar refractivity (Wildman–Crippen MR) is 85.5 cm³/mol. The Morgan fingerprint density at radius 2 is 1.15 bits per heavy atom. The van der Waals surface area contributed by atoms with E-state index in [1.54, 1.807) is 0 Å². The standard InChI is InChI=1S/C18H20N2/c1-3-15-11-13(5-7-17(15)19-9-1)14-6-8-18-16(12-14)4-2-10-20-18/h5-8,11-12,19-20H,1-4,9-10H2. The first-order valence-corrected chi connectivity index (χ1v) is 7.64. The van der Waals surface area contributed by atoms with Crippen LogP contribution in [0.15, 0.2) is 36.4 Å². The van der Waals surface area contributed by atoms with Crippen molar-refractivity contribution in [3.63, 3.8) is 0 Å². The van der Waals surface area contributed by atoms with Crippen molar-refractivity contribution in [1.29, 1.82) is 0 Å². The Morgan fingerprint density at radius 3 is 1.65 bits per heavy atom. The summed E-state index contributed by atoms with van der Waals surface area (Å²) in [5.41, 5.74) is 8.26. The van der Waals surface area contributed by atoms with Crippen LogP contribution in [-0.2, 0) is 12.8 Å². The molecular formula is C18H20N2. The molecule has 0 saturated heterocycles. The molecule has 2 aromatic rings. The van der Waals surface area contributed by atoms with E-state index in [2.05, 4.69) is 47.0 Å². The number of hydrogen-bond donors (Lipinski definition) is 2. The molecule has 0 fully saturated rings. The van der Waals surface area contributed by atoms with Gasteiger partial charge in [0.1, 0.15) is 0 Å². The molecule has 0 radical (unpaired) electrons. The third-order valence-electron chi connectivity index (χ3n) is 4.42. The number of anilines is 2. The van der Waals surface area contributed by atoms with E-state index < -0.39 is 0 Å². The average Bonchev–Trinajstić information content (AvgIpc) is 2.54. The minimum Gasteiger partial charge on any atom is -0.385 e. The molecule has 2 aliphatic rings. The van der Waals surface area contributed by atoms with Crippen molar-refractivity contribution < 1.29 is 0 Å². The Morgan fingerprint density at radius 1 is 0.650 bits per heavy atom. The van der Waals surface area contributed by atoms with Gasteiger partial charge in [-0.1, -0.05) is 12.1 Å². The molecule has 0 atom stereocenters. The van der Waals surface area contributed by atoms with Gasteiger partial charge in [-0.2, -0.15) is 0 Å². The van der Waals surface area contributed by atoms with Crippen molar-refractivity contribution in [3.05, 3.63) is 47.5 Å². The molecule has 2 aromatic carbocycles. The molecule has 2 heteroatoms. The fourth-order valence-electron chi connectivity index (χ4n) is 3.31. The van der Waals surface area contributed by atoms with Crippen LogP contribution in [0, 0.1) is 0 Å². The van der Waals surface area contributed by atoms with Crippen LogP contribution < -0.4 is 10.6 Å². The molecule has 0 unspecified atom stereocenters. The van der Waals surface area contributed by atoms with Gasteiger partial charge >= 0.3 is 0 Å². The zero-order chi connectivity index (χ0) is 13.4. The summed E-state index contributed by atoms with van der Waals surface area (Å²) in [5, 5.41) is 6.96. The molecular weight excluding hydrogens is 244 g/mol. The Labute approximate surface area is 120 Å². The zero-order valence-electron chi connectivity index (χ0n) is 11.7. The predicted octanol–water partition coefficient (Wildman–Crippen LogP) is 4.07. The SMILES string of the molecule is c1cc2c(cc1-c1ccc3c(c1)CCCN3)CCCN2. The largest absolute Gasteiger partial charge is 0.385 e. The molecule has 2 heterocycles. The van der Waals surface area contributed by atoms with Crippen LogP contribution in [0.5, 0.6) is 0 Å². The van der Waals surface area contributed by atoms with Gasteiger partial charge in [-0.05, 0) is 72.2 Å². The lowest BCUT2D eigenvalue weighted by Gasteiger charge is -2.20. The van der Waals surface area contributed by atoms with Gasteiger partial charge in [0.25, 0.3) is 0 Å². The first-order valence-electron chi connectivity index (χ1n) is 7.64. The molecule has 0 aromatic heterocycles. The first kappa shape index (κ1) is 11.8. The molecule has 2 aliphatic heterocycles. The van der Waals surface area contributed by atoms with Crippen LogP contribution in [0.4, 0.5) is 11.4 Å². The highest BCUT2D eigenvalue weighted by Gasteiger charge is 2.12. The lowest BCUT2D eigenvalue weighted by atomic mass is 9.94. The average molecular weight is 264 g/mol. The van der Waals surface area contributed by atoms with E-state index >= 15 is 0 Å². The second-order valence-electron chi connectivity index (χ2n) is 5.80. The Hall–Kier alpha value is -1.96. The van der Waals surface area contributed by atoms with Crippen molar-refractivity contribution in [3.8, 4) is 11.1 Å². The summed E-state index contributed by atoms with van der Waals surface area (Å²) in [7, 11) is 0. The van der Waals surface area contributed by atoms with Gasteiger partial charge in [0.05, 0.1) is 0 Å². The highest BCUT2D eigenvalue weighted by molar-refractivity contribution is 5.72. The van der Waals surface area contributed by atoms with Crippen LogP contribution in [0.1, 0.15) is 24.0 Å². The summed E-state index contributed by atoms with van der Waals surface area (Å²) in [6, 6.07) is 13.7. The van der Waals surface area contributed by atoms with Crippen molar-refractivity contribution in [2.45, 2.75) is 25.7 Å².